The molecule has 2 aromatic carbocycles. The van der Waals surface area contributed by atoms with Crippen molar-refractivity contribution in [3.63, 3.8) is 0 Å². The van der Waals surface area contributed by atoms with E-state index >= 15 is 0 Å². The Morgan fingerprint density at radius 2 is 1.77 bits per heavy atom. The van der Waals surface area contributed by atoms with Crippen LogP contribution in [0.25, 0.3) is 10.8 Å². The largest absolute Gasteiger partial charge is 0.350 e. The molecule has 0 saturated heterocycles. The second-order valence-corrected chi connectivity index (χ2v) is 6.74. The average Bonchev–Trinajstić information content (AvgIpc) is 2.45. The molecule has 0 aromatic heterocycles. The van der Waals surface area contributed by atoms with Gasteiger partial charge in [0.25, 0.3) is 0 Å². The minimum absolute atomic E-state index is 0.0783. The van der Waals surface area contributed by atoms with Crippen molar-refractivity contribution in [2.75, 3.05) is 13.1 Å². The van der Waals surface area contributed by atoms with Gasteiger partial charge in [-0.15, -0.1) is 0 Å². The van der Waals surface area contributed by atoms with Gasteiger partial charge in [0.2, 0.25) is 5.91 Å². The fourth-order valence-corrected chi connectivity index (χ4v) is 2.61. The van der Waals surface area contributed by atoms with E-state index in [1.54, 1.807) is 0 Å². The number of amides is 1. The van der Waals surface area contributed by atoms with Gasteiger partial charge in [-0.25, -0.2) is 0 Å². The van der Waals surface area contributed by atoms with Crippen molar-refractivity contribution < 1.29 is 4.79 Å². The molecule has 0 radical (unpaired) electrons. The van der Waals surface area contributed by atoms with Crippen LogP contribution >= 0.6 is 0 Å². The first-order chi connectivity index (χ1) is 10.4. The first-order valence-electron chi connectivity index (χ1n) is 7.89. The van der Waals surface area contributed by atoms with E-state index in [9.17, 15) is 4.79 Å². The maximum atomic E-state index is 12.1. The van der Waals surface area contributed by atoms with Crippen molar-refractivity contribution in [3.05, 3.63) is 48.0 Å². The molecule has 0 heterocycles. The van der Waals surface area contributed by atoms with Crippen molar-refractivity contribution in [1.82, 2.24) is 10.2 Å². The van der Waals surface area contributed by atoms with Gasteiger partial charge in [0.1, 0.15) is 0 Å². The van der Waals surface area contributed by atoms with Gasteiger partial charge in [0.15, 0.2) is 0 Å². The summed E-state index contributed by atoms with van der Waals surface area (Å²) in [7, 11) is 0. The Labute approximate surface area is 133 Å². The number of nitrogens with one attached hydrogen (secondary N) is 1. The Balaban J connectivity index is 2.11. The fraction of sp³-hybridized carbons (Fsp3) is 0.421. The van der Waals surface area contributed by atoms with Crippen LogP contribution in [0.1, 0.15) is 33.3 Å². The zero-order valence-corrected chi connectivity index (χ0v) is 14.0. The van der Waals surface area contributed by atoms with Gasteiger partial charge in [-0.2, -0.15) is 0 Å². The summed E-state index contributed by atoms with van der Waals surface area (Å²) in [6, 6.07) is 14.7. The van der Waals surface area contributed by atoms with Crippen LogP contribution in [0.5, 0.6) is 0 Å². The lowest BCUT2D eigenvalue weighted by Crippen LogP contribution is -2.45. The second-order valence-electron chi connectivity index (χ2n) is 6.74. The third-order valence-electron chi connectivity index (χ3n) is 3.60. The van der Waals surface area contributed by atoms with Crippen LogP contribution in [-0.2, 0) is 11.3 Å². The van der Waals surface area contributed by atoms with Crippen molar-refractivity contribution in [1.29, 1.82) is 0 Å². The number of carbonyl (C=O) groups excluding carboxylic acids is 1. The van der Waals surface area contributed by atoms with E-state index in [2.05, 4.69) is 59.6 Å². The van der Waals surface area contributed by atoms with E-state index in [4.69, 9.17) is 0 Å². The molecule has 1 amide bonds. The van der Waals surface area contributed by atoms with Crippen molar-refractivity contribution >= 4 is 16.7 Å². The molecule has 0 atom stereocenters. The summed E-state index contributed by atoms with van der Waals surface area (Å²) in [5.74, 6) is 0.0783. The fourth-order valence-electron chi connectivity index (χ4n) is 2.61. The molecule has 0 unspecified atom stereocenters. The minimum Gasteiger partial charge on any atom is -0.350 e. The van der Waals surface area contributed by atoms with Gasteiger partial charge >= 0.3 is 0 Å². The van der Waals surface area contributed by atoms with Gasteiger partial charge < -0.3 is 5.32 Å². The van der Waals surface area contributed by atoms with Gasteiger partial charge in [-0.1, -0.05) is 49.4 Å². The molecule has 2 rings (SSSR count). The van der Waals surface area contributed by atoms with E-state index in [-0.39, 0.29) is 11.4 Å². The smallest absolute Gasteiger partial charge is 0.234 e. The molecule has 118 valence electrons. The normalized spacial score (nSPS) is 11.9. The van der Waals surface area contributed by atoms with Crippen LogP contribution in [-0.4, -0.2) is 29.4 Å². The van der Waals surface area contributed by atoms with Crippen LogP contribution in [0, 0.1) is 0 Å². The lowest BCUT2D eigenvalue weighted by molar-refractivity contribution is -0.123. The van der Waals surface area contributed by atoms with Crippen LogP contribution in [0.2, 0.25) is 0 Å². The van der Waals surface area contributed by atoms with Crippen LogP contribution in [0.15, 0.2) is 42.5 Å². The molecule has 0 aliphatic carbocycles. The maximum Gasteiger partial charge on any atom is 0.234 e. The third-order valence-corrected chi connectivity index (χ3v) is 3.60. The van der Waals surface area contributed by atoms with Crippen molar-refractivity contribution in [2.45, 2.75) is 39.8 Å². The first kappa shape index (κ1) is 16.5. The highest BCUT2D eigenvalue weighted by Gasteiger charge is 2.16. The van der Waals surface area contributed by atoms with Crippen LogP contribution < -0.4 is 5.32 Å². The van der Waals surface area contributed by atoms with Crippen LogP contribution in [0.3, 0.4) is 0 Å². The highest BCUT2D eigenvalue weighted by molar-refractivity contribution is 5.85. The first-order valence-corrected chi connectivity index (χ1v) is 7.89. The van der Waals surface area contributed by atoms with E-state index in [0.717, 1.165) is 13.1 Å². The zero-order valence-electron chi connectivity index (χ0n) is 14.0. The predicted molar refractivity (Wildman–Crippen MR) is 92.8 cm³/mol. The third kappa shape index (κ3) is 4.57. The van der Waals surface area contributed by atoms with E-state index in [1.807, 2.05) is 20.8 Å². The average molecular weight is 298 g/mol. The number of carbonyl (C=O) groups is 1. The summed E-state index contributed by atoms with van der Waals surface area (Å²) in [4.78, 5) is 14.3. The zero-order chi connectivity index (χ0) is 16.2. The predicted octanol–water partition coefficient (Wildman–Crippen LogP) is 3.58. The molecule has 2 aromatic rings. The van der Waals surface area contributed by atoms with Gasteiger partial charge in [-0.05, 0) is 43.7 Å². The summed E-state index contributed by atoms with van der Waals surface area (Å²) < 4.78 is 0. The van der Waals surface area contributed by atoms with E-state index in [1.165, 1.54) is 16.3 Å². The SMILES string of the molecule is CCN(CC(=O)NC(C)(C)C)Cc1cccc2ccccc12. The van der Waals surface area contributed by atoms with Gasteiger partial charge in [-0.3, -0.25) is 9.69 Å². The van der Waals surface area contributed by atoms with Crippen molar-refractivity contribution in [3.8, 4) is 0 Å². The summed E-state index contributed by atoms with van der Waals surface area (Å²) in [6.07, 6.45) is 0. The molecule has 0 saturated carbocycles. The number of rotatable bonds is 5. The maximum absolute atomic E-state index is 12.1. The standard InChI is InChI=1S/C19H26N2O/c1-5-21(14-18(22)20-19(2,3)4)13-16-11-8-10-15-9-6-7-12-17(15)16/h6-12H,5,13-14H2,1-4H3,(H,20,22). The number of nitrogens with zero attached hydrogens (tertiary/aromatic N) is 1. The number of fused-ring (bicyclic) bond motifs is 1. The summed E-state index contributed by atoms with van der Waals surface area (Å²) in [5.41, 5.74) is 1.08. The molecule has 0 aliphatic rings. The molecule has 3 heteroatoms. The second kappa shape index (κ2) is 6.93. The minimum atomic E-state index is -0.185. The quantitative estimate of drug-likeness (QED) is 0.915. The van der Waals surface area contributed by atoms with Gasteiger partial charge in [0, 0.05) is 12.1 Å². The Morgan fingerprint density at radius 1 is 1.09 bits per heavy atom. The Hall–Kier alpha value is -1.87. The molecular formula is C19H26N2O. The highest BCUT2D eigenvalue weighted by Crippen LogP contribution is 2.19. The Bertz CT molecular complexity index is 638. The summed E-state index contributed by atoms with van der Waals surface area (Å²) in [5, 5.41) is 5.54. The molecule has 0 fully saturated rings. The van der Waals surface area contributed by atoms with E-state index in [0.29, 0.717) is 6.54 Å². The Kier molecular flexibility index (Phi) is 5.19. The number of likely N-dealkylation sites (N-methyl/N-ethyl adjacent to an activating group) is 1. The molecular weight excluding hydrogens is 272 g/mol. The summed E-state index contributed by atoms with van der Waals surface area (Å²) >= 11 is 0. The lowest BCUT2D eigenvalue weighted by atomic mass is 10.0. The molecule has 0 aliphatic heterocycles. The number of hydrogen-bond acceptors (Lipinski definition) is 2. The number of hydrogen-bond donors (Lipinski definition) is 1. The van der Waals surface area contributed by atoms with Crippen LogP contribution in [0.4, 0.5) is 0 Å². The van der Waals surface area contributed by atoms with Gasteiger partial charge in [0.05, 0.1) is 6.54 Å². The summed E-state index contributed by atoms with van der Waals surface area (Å²) in [6.45, 7) is 10.2. The monoisotopic (exact) mass is 298 g/mol. The molecule has 1 N–H and O–H groups in total. The molecule has 0 bridgehead atoms. The number of benzene rings is 2. The molecule has 0 spiro atoms. The molecule has 3 nitrogen and oxygen atoms in total. The van der Waals surface area contributed by atoms with Crippen molar-refractivity contribution in [2.24, 2.45) is 0 Å². The lowest BCUT2D eigenvalue weighted by Gasteiger charge is -2.25. The molecule has 22 heavy (non-hydrogen) atoms. The Morgan fingerprint density at radius 3 is 2.45 bits per heavy atom. The highest BCUT2D eigenvalue weighted by atomic mass is 16.2. The van der Waals surface area contributed by atoms with E-state index < -0.39 is 0 Å². The topological polar surface area (TPSA) is 32.3 Å².